The number of hydrogen-bond donors (Lipinski definition) is 1. The maximum absolute atomic E-state index is 5.78. The maximum atomic E-state index is 5.78. The van der Waals surface area contributed by atoms with Crippen molar-refractivity contribution in [2.45, 2.75) is 31.1 Å². The Labute approximate surface area is 93.7 Å². The summed E-state index contributed by atoms with van der Waals surface area (Å²) in [6.45, 7) is 0. The van der Waals surface area contributed by atoms with Crippen LogP contribution in [0.15, 0.2) is 18.2 Å². The molecule has 1 fully saturated rings. The molecule has 2 aliphatic carbocycles. The summed E-state index contributed by atoms with van der Waals surface area (Å²) in [5.74, 6) is 1.34. The van der Waals surface area contributed by atoms with Crippen molar-refractivity contribution in [3.8, 4) is 0 Å². The van der Waals surface area contributed by atoms with E-state index in [0.717, 1.165) is 16.7 Å². The molecule has 4 rings (SSSR count). The lowest BCUT2D eigenvalue weighted by Gasteiger charge is -2.13. The minimum absolute atomic E-state index is 0.665. The van der Waals surface area contributed by atoms with Gasteiger partial charge in [0.2, 0.25) is 0 Å². The zero-order valence-electron chi connectivity index (χ0n) is 8.98. The Bertz CT molecular complexity index is 591. The number of aromatic nitrogens is 2. The van der Waals surface area contributed by atoms with Crippen molar-refractivity contribution in [3.63, 3.8) is 0 Å². The van der Waals surface area contributed by atoms with E-state index in [0.29, 0.717) is 11.8 Å². The lowest BCUT2D eigenvalue weighted by molar-refractivity contribution is 0.685. The lowest BCUT2D eigenvalue weighted by atomic mass is 10.0. The van der Waals surface area contributed by atoms with Gasteiger partial charge in [-0.05, 0) is 37.5 Å². The molecule has 2 bridgehead atoms. The van der Waals surface area contributed by atoms with E-state index in [2.05, 4.69) is 0 Å². The van der Waals surface area contributed by atoms with Crippen LogP contribution >= 0.6 is 0 Å². The predicted molar refractivity (Wildman–Crippen MR) is 63.3 cm³/mol. The zero-order chi connectivity index (χ0) is 10.7. The number of nitrogens with two attached hydrogens (primary N) is 1. The molecule has 3 nitrogen and oxygen atoms in total. The molecule has 0 saturated heterocycles. The summed E-state index contributed by atoms with van der Waals surface area (Å²) in [6, 6.07) is 5.80. The van der Waals surface area contributed by atoms with Gasteiger partial charge < -0.3 is 5.73 Å². The SMILES string of the molecule is Nc1ccc2nc3c(nc2c1)[C@H]1CC[C@@H]3C1. The molecule has 2 aliphatic rings. The molecular formula is C13H13N3. The fourth-order valence-electron chi connectivity index (χ4n) is 3.18. The van der Waals surface area contributed by atoms with Crippen molar-refractivity contribution in [1.82, 2.24) is 9.97 Å². The molecule has 3 heteroatoms. The van der Waals surface area contributed by atoms with Gasteiger partial charge in [0.1, 0.15) is 0 Å². The van der Waals surface area contributed by atoms with Crippen molar-refractivity contribution in [2.75, 3.05) is 5.73 Å². The Hall–Kier alpha value is -1.64. The molecule has 0 unspecified atom stereocenters. The number of nitrogen functional groups attached to an aromatic ring is 1. The van der Waals surface area contributed by atoms with Crippen molar-refractivity contribution < 1.29 is 0 Å². The van der Waals surface area contributed by atoms with Crippen molar-refractivity contribution >= 4 is 16.7 Å². The first kappa shape index (κ1) is 8.50. The van der Waals surface area contributed by atoms with Gasteiger partial charge in [-0.25, -0.2) is 9.97 Å². The Kier molecular flexibility index (Phi) is 1.45. The van der Waals surface area contributed by atoms with E-state index in [9.17, 15) is 0 Å². The van der Waals surface area contributed by atoms with Crippen LogP contribution in [0.5, 0.6) is 0 Å². The highest BCUT2D eigenvalue weighted by Crippen LogP contribution is 2.51. The standard InChI is InChI=1S/C13H13N3/c14-9-3-4-10-11(6-9)16-13-8-2-1-7(5-8)12(13)15-10/h3-4,6-8H,1-2,5,14H2/t7-,8+/m1/s1. The second-order valence-electron chi connectivity index (χ2n) is 4.95. The van der Waals surface area contributed by atoms with Crippen LogP contribution in [0.25, 0.3) is 11.0 Å². The summed E-state index contributed by atoms with van der Waals surface area (Å²) in [5, 5.41) is 0. The summed E-state index contributed by atoms with van der Waals surface area (Å²) in [6.07, 6.45) is 3.86. The first-order chi connectivity index (χ1) is 7.81. The number of benzene rings is 1. The molecule has 16 heavy (non-hydrogen) atoms. The number of hydrogen-bond acceptors (Lipinski definition) is 3. The monoisotopic (exact) mass is 211 g/mol. The average Bonchev–Trinajstić information content (AvgIpc) is 2.87. The fraction of sp³-hybridized carbons (Fsp3) is 0.385. The van der Waals surface area contributed by atoms with Gasteiger partial charge in [0, 0.05) is 17.5 Å². The van der Waals surface area contributed by atoms with Gasteiger partial charge in [-0.3, -0.25) is 0 Å². The molecule has 1 aromatic heterocycles. The van der Waals surface area contributed by atoms with Crippen LogP contribution in [0.3, 0.4) is 0 Å². The molecular weight excluding hydrogens is 198 g/mol. The van der Waals surface area contributed by atoms with Crippen LogP contribution in [0.1, 0.15) is 42.5 Å². The summed E-state index contributed by atoms with van der Waals surface area (Å²) in [4.78, 5) is 9.52. The maximum Gasteiger partial charge on any atom is 0.0910 e. The second kappa shape index (κ2) is 2.73. The second-order valence-corrected chi connectivity index (χ2v) is 4.95. The third-order valence-electron chi connectivity index (χ3n) is 3.95. The number of nitrogens with zero attached hydrogens (tertiary/aromatic N) is 2. The third kappa shape index (κ3) is 0.979. The number of rotatable bonds is 0. The average molecular weight is 211 g/mol. The van der Waals surface area contributed by atoms with Crippen LogP contribution in [-0.2, 0) is 0 Å². The van der Waals surface area contributed by atoms with E-state index in [1.54, 1.807) is 0 Å². The molecule has 80 valence electrons. The topological polar surface area (TPSA) is 51.8 Å². The van der Waals surface area contributed by atoms with E-state index >= 15 is 0 Å². The van der Waals surface area contributed by atoms with E-state index in [4.69, 9.17) is 15.7 Å². The minimum atomic E-state index is 0.665. The quantitative estimate of drug-likeness (QED) is 0.681. The molecule has 2 atom stereocenters. The number of fused-ring (bicyclic) bond motifs is 6. The fourth-order valence-corrected chi connectivity index (χ4v) is 3.18. The van der Waals surface area contributed by atoms with Gasteiger partial charge >= 0.3 is 0 Å². The first-order valence-electron chi connectivity index (χ1n) is 5.88. The Balaban J connectivity index is 2.03. The lowest BCUT2D eigenvalue weighted by Crippen LogP contribution is -2.04. The van der Waals surface area contributed by atoms with Gasteiger partial charge in [-0.2, -0.15) is 0 Å². The highest BCUT2D eigenvalue weighted by atomic mass is 14.9. The predicted octanol–water partition coefficient (Wildman–Crippen LogP) is 2.58. The van der Waals surface area contributed by atoms with Crippen molar-refractivity contribution in [2.24, 2.45) is 0 Å². The normalized spacial score (nSPS) is 26.2. The summed E-state index contributed by atoms with van der Waals surface area (Å²) < 4.78 is 0. The van der Waals surface area contributed by atoms with Gasteiger partial charge in [0.05, 0.1) is 22.4 Å². The molecule has 0 amide bonds. The van der Waals surface area contributed by atoms with E-state index in [-0.39, 0.29) is 0 Å². The molecule has 1 saturated carbocycles. The molecule has 0 aliphatic heterocycles. The molecule has 0 spiro atoms. The zero-order valence-corrected chi connectivity index (χ0v) is 8.98. The van der Waals surface area contributed by atoms with Crippen LogP contribution in [0, 0.1) is 0 Å². The molecule has 2 aromatic rings. The largest absolute Gasteiger partial charge is 0.399 e. The smallest absolute Gasteiger partial charge is 0.0910 e. The van der Waals surface area contributed by atoms with E-state index in [1.165, 1.54) is 30.7 Å². The van der Waals surface area contributed by atoms with Crippen LogP contribution < -0.4 is 5.73 Å². The third-order valence-corrected chi connectivity index (χ3v) is 3.95. The first-order valence-corrected chi connectivity index (χ1v) is 5.88. The van der Waals surface area contributed by atoms with Crippen LogP contribution in [0.4, 0.5) is 5.69 Å². The summed E-state index contributed by atoms with van der Waals surface area (Å²) in [5.41, 5.74) is 11.0. The van der Waals surface area contributed by atoms with Crippen LogP contribution in [0.2, 0.25) is 0 Å². The van der Waals surface area contributed by atoms with Gasteiger partial charge in [0.15, 0.2) is 0 Å². The molecule has 1 heterocycles. The molecule has 1 aromatic carbocycles. The summed E-state index contributed by atoms with van der Waals surface area (Å²) >= 11 is 0. The Morgan fingerprint density at radius 1 is 1.00 bits per heavy atom. The molecule has 0 radical (unpaired) electrons. The van der Waals surface area contributed by atoms with Gasteiger partial charge in [0.25, 0.3) is 0 Å². The van der Waals surface area contributed by atoms with E-state index < -0.39 is 0 Å². The van der Waals surface area contributed by atoms with Crippen molar-refractivity contribution in [3.05, 3.63) is 29.6 Å². The van der Waals surface area contributed by atoms with Gasteiger partial charge in [-0.15, -0.1) is 0 Å². The minimum Gasteiger partial charge on any atom is -0.399 e. The Morgan fingerprint density at radius 2 is 1.69 bits per heavy atom. The van der Waals surface area contributed by atoms with Crippen molar-refractivity contribution in [1.29, 1.82) is 0 Å². The molecule has 2 N–H and O–H groups in total. The number of anilines is 1. The van der Waals surface area contributed by atoms with E-state index in [1.807, 2.05) is 18.2 Å². The summed E-state index contributed by atoms with van der Waals surface area (Å²) in [7, 11) is 0. The Morgan fingerprint density at radius 3 is 2.44 bits per heavy atom. The highest BCUT2D eigenvalue weighted by Gasteiger charge is 2.39. The van der Waals surface area contributed by atoms with Gasteiger partial charge in [-0.1, -0.05) is 0 Å². The highest BCUT2D eigenvalue weighted by molar-refractivity contribution is 5.78. The van der Waals surface area contributed by atoms with Crippen LogP contribution in [-0.4, -0.2) is 9.97 Å².